The average Bonchev–Trinajstić information content (AvgIpc) is 2.93. The fourth-order valence-corrected chi connectivity index (χ4v) is 4.01. The lowest BCUT2D eigenvalue weighted by Crippen LogP contribution is -2.11. The van der Waals surface area contributed by atoms with Gasteiger partial charge in [0.2, 0.25) is 5.91 Å². The van der Waals surface area contributed by atoms with Crippen molar-refractivity contribution in [2.45, 2.75) is 6.54 Å². The summed E-state index contributed by atoms with van der Waals surface area (Å²) in [5.74, 6) is -0.476. The number of hydrogen-bond donors (Lipinski definition) is 1. The number of primary amides is 1. The van der Waals surface area contributed by atoms with Crippen LogP contribution in [-0.2, 0) is 6.54 Å². The third-order valence-corrected chi connectivity index (χ3v) is 5.37. The highest BCUT2D eigenvalue weighted by atomic mass is 35.5. The van der Waals surface area contributed by atoms with E-state index >= 15 is 0 Å². The highest BCUT2D eigenvalue weighted by molar-refractivity contribution is 6.37. The molecule has 0 saturated heterocycles. The minimum atomic E-state index is -0.476. The minimum absolute atomic E-state index is 0.464. The number of hydrogen-bond acceptors (Lipinski definition) is 1. The van der Waals surface area contributed by atoms with Crippen molar-refractivity contribution in [1.82, 2.24) is 4.57 Å². The predicted molar refractivity (Wildman–Crippen MR) is 109 cm³/mol. The molecular weight excluding hydrogens is 391 g/mol. The van der Waals surface area contributed by atoms with Crippen LogP contribution in [0.5, 0.6) is 0 Å². The molecular formula is C20H13Cl3N2O. The fraction of sp³-hybridized carbons (Fsp3) is 0.0500. The Bertz CT molecular complexity index is 1180. The predicted octanol–water partition coefficient (Wildman–Crippen LogP) is 5.90. The molecule has 6 heteroatoms. The molecule has 0 aliphatic heterocycles. The molecule has 1 amide bonds. The number of nitrogens with zero attached hydrogens (tertiary/aromatic N) is 1. The molecule has 130 valence electrons. The number of carbonyl (C=O) groups is 1. The quantitative estimate of drug-likeness (QED) is 0.455. The highest BCUT2D eigenvalue weighted by Gasteiger charge is 2.18. The third-order valence-electron chi connectivity index (χ3n) is 4.46. The van der Waals surface area contributed by atoms with Crippen LogP contribution in [0.4, 0.5) is 0 Å². The lowest BCUT2D eigenvalue weighted by Gasteiger charge is -2.11. The smallest absolute Gasteiger partial charge is 0.249 e. The lowest BCUT2D eigenvalue weighted by atomic mass is 10.1. The molecule has 0 unspecified atom stereocenters. The van der Waals surface area contributed by atoms with Crippen LogP contribution in [0.2, 0.25) is 15.1 Å². The summed E-state index contributed by atoms with van der Waals surface area (Å²) in [6, 6.07) is 16.4. The molecule has 0 aliphatic carbocycles. The van der Waals surface area contributed by atoms with Crippen LogP contribution in [0.3, 0.4) is 0 Å². The molecule has 0 radical (unpaired) electrons. The maximum atomic E-state index is 12.0. The topological polar surface area (TPSA) is 48.0 Å². The van der Waals surface area contributed by atoms with E-state index in [2.05, 4.69) is 0 Å². The van der Waals surface area contributed by atoms with Gasteiger partial charge < -0.3 is 10.3 Å². The molecule has 1 heterocycles. The number of aromatic nitrogens is 1. The van der Waals surface area contributed by atoms with Gasteiger partial charge in [-0.3, -0.25) is 4.79 Å². The Hall–Kier alpha value is -2.20. The van der Waals surface area contributed by atoms with Crippen molar-refractivity contribution in [3.63, 3.8) is 0 Å². The van der Waals surface area contributed by atoms with Crippen molar-refractivity contribution in [3.8, 4) is 0 Å². The van der Waals surface area contributed by atoms with E-state index in [0.29, 0.717) is 27.2 Å². The van der Waals surface area contributed by atoms with E-state index in [1.165, 1.54) is 0 Å². The summed E-state index contributed by atoms with van der Waals surface area (Å²) in [5, 5.41) is 3.47. The molecule has 3 nitrogen and oxygen atoms in total. The molecule has 0 spiro atoms. The Morgan fingerprint density at radius 2 is 1.73 bits per heavy atom. The van der Waals surface area contributed by atoms with E-state index < -0.39 is 5.91 Å². The van der Waals surface area contributed by atoms with Gasteiger partial charge in [0.25, 0.3) is 0 Å². The monoisotopic (exact) mass is 402 g/mol. The van der Waals surface area contributed by atoms with Crippen molar-refractivity contribution >= 4 is 62.5 Å². The maximum absolute atomic E-state index is 12.0. The van der Waals surface area contributed by atoms with Gasteiger partial charge in [-0.05, 0) is 42.0 Å². The van der Waals surface area contributed by atoms with Crippen LogP contribution in [0.15, 0.2) is 54.6 Å². The maximum Gasteiger partial charge on any atom is 0.249 e. The van der Waals surface area contributed by atoms with Crippen LogP contribution in [0.25, 0.3) is 21.8 Å². The average molecular weight is 404 g/mol. The molecule has 4 aromatic rings. The summed E-state index contributed by atoms with van der Waals surface area (Å²) in [6.45, 7) is 0.464. The van der Waals surface area contributed by atoms with Crippen molar-refractivity contribution in [1.29, 1.82) is 0 Å². The second-order valence-electron chi connectivity index (χ2n) is 6.02. The zero-order valence-electron chi connectivity index (χ0n) is 13.5. The largest absolute Gasteiger partial charge is 0.366 e. The van der Waals surface area contributed by atoms with Crippen LogP contribution in [0.1, 0.15) is 15.9 Å². The molecule has 0 saturated carbocycles. The number of nitrogens with two attached hydrogens (primary N) is 1. The number of benzene rings is 3. The number of halogens is 3. The molecule has 3 aromatic carbocycles. The Kier molecular flexibility index (Phi) is 4.31. The normalized spacial score (nSPS) is 11.3. The van der Waals surface area contributed by atoms with Gasteiger partial charge in [-0.2, -0.15) is 0 Å². The number of fused-ring (bicyclic) bond motifs is 3. The van der Waals surface area contributed by atoms with Crippen molar-refractivity contribution in [2.24, 2.45) is 5.73 Å². The first-order chi connectivity index (χ1) is 12.5. The first-order valence-corrected chi connectivity index (χ1v) is 9.04. The van der Waals surface area contributed by atoms with E-state index in [1.54, 1.807) is 18.2 Å². The van der Waals surface area contributed by atoms with Gasteiger partial charge in [-0.25, -0.2) is 0 Å². The van der Waals surface area contributed by atoms with Gasteiger partial charge in [0.1, 0.15) is 0 Å². The zero-order valence-corrected chi connectivity index (χ0v) is 15.7. The van der Waals surface area contributed by atoms with Crippen LogP contribution < -0.4 is 5.73 Å². The second kappa shape index (κ2) is 6.51. The van der Waals surface area contributed by atoms with Gasteiger partial charge in [-0.15, -0.1) is 0 Å². The van der Waals surface area contributed by atoms with Crippen LogP contribution >= 0.6 is 34.8 Å². The van der Waals surface area contributed by atoms with Crippen molar-refractivity contribution < 1.29 is 4.79 Å². The molecule has 26 heavy (non-hydrogen) atoms. The summed E-state index contributed by atoms with van der Waals surface area (Å²) < 4.78 is 2.04. The summed E-state index contributed by atoms with van der Waals surface area (Å²) >= 11 is 19.0. The summed E-state index contributed by atoms with van der Waals surface area (Å²) in [6.07, 6.45) is 0. The fourth-order valence-electron chi connectivity index (χ4n) is 3.36. The SMILES string of the molecule is NC(=O)c1cccc2c1c1cccc(Cl)c1n2Cc1cc(Cl)ccc1Cl. The Balaban J connectivity index is 2.09. The van der Waals surface area contributed by atoms with Crippen molar-refractivity contribution in [2.75, 3.05) is 0 Å². The van der Waals surface area contributed by atoms with Gasteiger partial charge in [0.05, 0.1) is 16.1 Å². The first-order valence-electron chi connectivity index (χ1n) is 7.90. The summed E-state index contributed by atoms with van der Waals surface area (Å²) in [7, 11) is 0. The minimum Gasteiger partial charge on any atom is -0.366 e. The molecule has 0 fully saturated rings. The van der Waals surface area contributed by atoms with E-state index in [4.69, 9.17) is 40.5 Å². The van der Waals surface area contributed by atoms with Gasteiger partial charge in [-0.1, -0.05) is 53.0 Å². The number of amides is 1. The van der Waals surface area contributed by atoms with E-state index in [9.17, 15) is 4.79 Å². The Labute approximate surface area is 164 Å². The molecule has 2 N–H and O–H groups in total. The number of carbonyl (C=O) groups excluding carboxylic acids is 1. The Morgan fingerprint density at radius 3 is 2.50 bits per heavy atom. The Morgan fingerprint density at radius 1 is 0.962 bits per heavy atom. The molecule has 0 atom stereocenters. The molecule has 0 aliphatic rings. The second-order valence-corrected chi connectivity index (χ2v) is 7.27. The molecule has 4 rings (SSSR count). The number of rotatable bonds is 3. The zero-order chi connectivity index (χ0) is 18.4. The van der Waals surface area contributed by atoms with E-state index in [1.807, 2.05) is 41.0 Å². The van der Waals surface area contributed by atoms with Crippen LogP contribution in [-0.4, -0.2) is 10.5 Å². The van der Waals surface area contributed by atoms with Crippen LogP contribution in [0, 0.1) is 0 Å². The van der Waals surface area contributed by atoms with E-state index in [-0.39, 0.29) is 0 Å². The van der Waals surface area contributed by atoms with Gasteiger partial charge in [0, 0.05) is 32.9 Å². The van der Waals surface area contributed by atoms with Gasteiger partial charge in [0.15, 0.2) is 0 Å². The van der Waals surface area contributed by atoms with E-state index in [0.717, 1.165) is 27.4 Å². The molecule has 0 bridgehead atoms. The standard InChI is InChI=1S/C20H13Cl3N2O/c21-12-7-8-15(22)11(9-12)10-25-17-6-2-4-14(20(24)26)18(17)13-3-1-5-16(23)19(13)25/h1-9H,10H2,(H2,24,26). The molecule has 1 aromatic heterocycles. The lowest BCUT2D eigenvalue weighted by molar-refractivity contribution is 0.100. The summed E-state index contributed by atoms with van der Waals surface area (Å²) in [4.78, 5) is 12.0. The van der Waals surface area contributed by atoms with Crippen molar-refractivity contribution in [3.05, 3.63) is 80.8 Å². The number of para-hydroxylation sites is 1. The summed E-state index contributed by atoms with van der Waals surface area (Å²) in [5.41, 5.74) is 8.61. The third kappa shape index (κ3) is 2.73. The highest BCUT2D eigenvalue weighted by Crippen LogP contribution is 2.36. The first kappa shape index (κ1) is 17.2. The van der Waals surface area contributed by atoms with Gasteiger partial charge >= 0.3 is 0 Å².